The van der Waals surface area contributed by atoms with Gasteiger partial charge in [-0.15, -0.1) is 0 Å². The van der Waals surface area contributed by atoms with E-state index in [9.17, 15) is 33.9 Å². The van der Waals surface area contributed by atoms with Crippen molar-refractivity contribution in [2.75, 3.05) is 40.0 Å². The van der Waals surface area contributed by atoms with Crippen LogP contribution in [0.5, 0.6) is 11.5 Å². The summed E-state index contributed by atoms with van der Waals surface area (Å²) < 4.78 is 12.2. The molecule has 13 nitrogen and oxygen atoms in total. The van der Waals surface area contributed by atoms with Crippen molar-refractivity contribution in [1.29, 1.82) is 0 Å². The van der Waals surface area contributed by atoms with Gasteiger partial charge < -0.3 is 36.3 Å². The number of ether oxygens (including phenoxy) is 2. The van der Waals surface area contributed by atoms with Crippen molar-refractivity contribution in [1.82, 2.24) is 10.2 Å². The molecule has 60 heavy (non-hydrogen) atoms. The maximum absolute atomic E-state index is 14.5. The van der Waals surface area contributed by atoms with Crippen LogP contribution >= 0.6 is 0 Å². The lowest BCUT2D eigenvalue weighted by atomic mass is 9.88. The molecule has 1 heterocycles. The molecule has 6 N–H and O–H groups in total. The molecule has 0 aromatic heterocycles. The van der Waals surface area contributed by atoms with E-state index < -0.39 is 54.0 Å². The molecule has 13 heteroatoms. The summed E-state index contributed by atoms with van der Waals surface area (Å²) in [5, 5.41) is 13.3. The molecule has 332 valence electrons. The van der Waals surface area contributed by atoms with E-state index in [0.29, 0.717) is 46.6 Å². The lowest BCUT2D eigenvalue weighted by Gasteiger charge is -2.32. The third-order valence-corrected chi connectivity index (χ3v) is 11.3. The fourth-order valence-electron chi connectivity index (χ4n) is 7.60. The zero-order valence-electron chi connectivity index (χ0n) is 36.6. The first-order valence-corrected chi connectivity index (χ1v) is 21.9. The number of nitrogens with two attached hydrogens (primary N) is 2. The van der Waals surface area contributed by atoms with E-state index >= 15 is 0 Å². The summed E-state index contributed by atoms with van der Waals surface area (Å²) >= 11 is 0. The predicted molar refractivity (Wildman–Crippen MR) is 232 cm³/mol. The molecule has 2 aromatic rings. The first-order valence-electron chi connectivity index (χ1n) is 21.9. The number of unbranched alkanes of at least 4 members (excludes halogenated alkanes) is 8. The van der Waals surface area contributed by atoms with E-state index in [1.54, 1.807) is 44.2 Å². The quantitative estimate of drug-likeness (QED) is 0.0875. The lowest BCUT2D eigenvalue weighted by Crippen LogP contribution is -2.46. The number of ketones is 4. The van der Waals surface area contributed by atoms with Gasteiger partial charge in [0.2, 0.25) is 11.8 Å². The van der Waals surface area contributed by atoms with Crippen molar-refractivity contribution in [2.24, 2.45) is 29.2 Å². The highest BCUT2D eigenvalue weighted by Gasteiger charge is 2.36. The van der Waals surface area contributed by atoms with Gasteiger partial charge in [-0.25, -0.2) is 0 Å². The highest BCUT2D eigenvalue weighted by atomic mass is 16.5. The fraction of sp³-hybridized carbons (Fsp3) is 0.617. The Bertz CT molecular complexity index is 1750. The van der Waals surface area contributed by atoms with Gasteiger partial charge in [0.05, 0.1) is 18.6 Å². The van der Waals surface area contributed by atoms with Crippen LogP contribution < -0.4 is 26.3 Å². The van der Waals surface area contributed by atoms with Gasteiger partial charge in [-0.3, -0.25) is 28.8 Å². The number of aliphatic hydroxyl groups excluding tert-OH is 1. The second kappa shape index (κ2) is 26.0. The van der Waals surface area contributed by atoms with Crippen molar-refractivity contribution in [3.05, 3.63) is 47.5 Å². The SMILES string of the molecule is CCCCCCCCCCCC(=O)C[C@@H](CO)C(=O)N(C)[C@@H]1C(=O)C[C@@H](C)C(=O)N[C@H](C(=O)C[C@@H](C)C(C)=O)Cc2ccc(OCCN)c(c2)-c2cc1ccc2OCCN. The van der Waals surface area contributed by atoms with Crippen LogP contribution in [0.3, 0.4) is 0 Å². The van der Waals surface area contributed by atoms with E-state index in [1.165, 1.54) is 51.0 Å². The zero-order valence-corrected chi connectivity index (χ0v) is 36.6. The normalized spacial score (nSPS) is 17.8. The summed E-state index contributed by atoms with van der Waals surface area (Å²) in [6.45, 7) is 7.07. The molecule has 0 saturated carbocycles. The van der Waals surface area contributed by atoms with E-state index in [-0.39, 0.29) is 69.3 Å². The summed E-state index contributed by atoms with van der Waals surface area (Å²) in [6.07, 6.45) is 9.78. The average Bonchev–Trinajstić information content (AvgIpc) is 3.22. The number of nitrogens with zero attached hydrogens (tertiary/aromatic N) is 1. The Hall–Kier alpha value is -4.46. The highest BCUT2D eigenvalue weighted by Crippen LogP contribution is 2.41. The Balaban J connectivity index is 2.05. The van der Waals surface area contributed by atoms with Crippen molar-refractivity contribution < 1.29 is 43.3 Å². The smallest absolute Gasteiger partial charge is 0.229 e. The number of Topliss-reactive ketones (excluding diaryl/α,β-unsaturated/α-hetero) is 4. The number of nitrogens with one attached hydrogen (secondary N) is 1. The van der Waals surface area contributed by atoms with Gasteiger partial charge in [-0.05, 0) is 55.2 Å². The molecule has 3 rings (SSSR count). The molecule has 2 aromatic carbocycles. The van der Waals surface area contributed by atoms with Gasteiger partial charge in [0.1, 0.15) is 42.3 Å². The maximum atomic E-state index is 14.5. The molecule has 0 aliphatic carbocycles. The third kappa shape index (κ3) is 15.2. The number of amides is 2. The summed E-state index contributed by atoms with van der Waals surface area (Å²) in [4.78, 5) is 82.7. The summed E-state index contributed by atoms with van der Waals surface area (Å²) in [5.41, 5.74) is 13.8. The predicted octanol–water partition coefficient (Wildman–Crippen LogP) is 5.84. The molecule has 0 spiro atoms. The molecule has 4 bridgehead atoms. The van der Waals surface area contributed by atoms with E-state index in [2.05, 4.69) is 12.2 Å². The Kier molecular flexibility index (Phi) is 21.6. The van der Waals surface area contributed by atoms with Crippen LogP contribution in [0.1, 0.15) is 128 Å². The minimum Gasteiger partial charge on any atom is -0.492 e. The number of likely N-dealkylation sites (N-methyl/N-ethyl adjacent to an activating group) is 1. The van der Waals surface area contributed by atoms with Crippen LogP contribution in [0.15, 0.2) is 36.4 Å². The van der Waals surface area contributed by atoms with Gasteiger partial charge in [-0.2, -0.15) is 0 Å². The molecular formula is C47H70N4O9. The Morgan fingerprint density at radius 3 is 2.02 bits per heavy atom. The zero-order chi connectivity index (χ0) is 44.2. The second-order valence-electron chi connectivity index (χ2n) is 16.4. The van der Waals surface area contributed by atoms with E-state index in [1.807, 2.05) is 6.07 Å². The van der Waals surface area contributed by atoms with Crippen LogP contribution in [0.2, 0.25) is 0 Å². The largest absolute Gasteiger partial charge is 0.492 e. The number of benzene rings is 2. The van der Waals surface area contributed by atoms with E-state index in [4.69, 9.17) is 20.9 Å². The van der Waals surface area contributed by atoms with Gasteiger partial charge in [0.25, 0.3) is 0 Å². The van der Waals surface area contributed by atoms with Gasteiger partial charge >= 0.3 is 0 Å². The molecule has 0 unspecified atom stereocenters. The van der Waals surface area contributed by atoms with Crippen LogP contribution in [0.4, 0.5) is 0 Å². The number of hydrogen-bond donors (Lipinski definition) is 4. The Morgan fingerprint density at radius 2 is 1.43 bits per heavy atom. The molecule has 1 aliphatic rings. The Labute approximate surface area is 356 Å². The average molecular weight is 835 g/mol. The standard InChI is InChI=1S/C47H70N4O9/c1-6-7-8-9-10-11-12-13-14-15-37(54)28-36(30-52)47(58)51(5)45-35-17-19-44(60-23-21-49)39(29-35)38-26-34(16-18-43(38)59-22-20-48)27-40(41(55)24-31(2)33(4)53)50-46(57)32(3)25-42(45)56/h16-19,26,29,31-32,36,40,45,52H,6-15,20-25,27-28,30,48-49H2,1-5H3,(H,50,57)/t31-,32-,36+,40+,45+/m1/s1. The number of hydrogen-bond acceptors (Lipinski definition) is 11. The van der Waals surface area contributed by atoms with Crippen LogP contribution in [0, 0.1) is 17.8 Å². The van der Waals surface area contributed by atoms with Crippen molar-refractivity contribution in [3.63, 3.8) is 0 Å². The first-order chi connectivity index (χ1) is 28.8. The Morgan fingerprint density at radius 1 is 0.850 bits per heavy atom. The maximum Gasteiger partial charge on any atom is 0.229 e. The third-order valence-electron chi connectivity index (χ3n) is 11.3. The van der Waals surface area contributed by atoms with Crippen LogP contribution in [-0.2, 0) is 35.2 Å². The summed E-state index contributed by atoms with van der Waals surface area (Å²) in [5.74, 6) is -3.88. The number of carbonyl (C=O) groups excluding carboxylic acids is 6. The second-order valence-corrected chi connectivity index (χ2v) is 16.4. The van der Waals surface area contributed by atoms with Gasteiger partial charge in [0.15, 0.2) is 11.6 Å². The van der Waals surface area contributed by atoms with Crippen LogP contribution in [0.25, 0.3) is 11.1 Å². The monoisotopic (exact) mass is 835 g/mol. The molecule has 5 atom stereocenters. The van der Waals surface area contributed by atoms with Crippen molar-refractivity contribution in [3.8, 4) is 22.6 Å². The molecule has 1 aliphatic heterocycles. The molecule has 0 radical (unpaired) electrons. The topological polar surface area (TPSA) is 208 Å². The minimum atomic E-state index is -1.23. The van der Waals surface area contributed by atoms with Crippen molar-refractivity contribution in [2.45, 2.75) is 130 Å². The van der Waals surface area contributed by atoms with E-state index in [0.717, 1.165) is 19.3 Å². The number of aliphatic hydroxyl groups is 1. The minimum absolute atomic E-state index is 0.0834. The van der Waals surface area contributed by atoms with Gasteiger partial charge in [-0.1, -0.05) is 84.3 Å². The molecule has 0 fully saturated rings. The molecule has 2 amide bonds. The molecule has 0 saturated heterocycles. The molecular weight excluding hydrogens is 765 g/mol. The highest BCUT2D eigenvalue weighted by molar-refractivity contribution is 5.97. The van der Waals surface area contributed by atoms with Crippen molar-refractivity contribution >= 4 is 34.9 Å². The lowest BCUT2D eigenvalue weighted by molar-refractivity contribution is -0.144. The number of rotatable bonds is 25. The van der Waals surface area contributed by atoms with Crippen LogP contribution in [-0.4, -0.2) is 91.0 Å². The summed E-state index contributed by atoms with van der Waals surface area (Å²) in [6, 6.07) is 8.22. The number of carbonyl (C=O) groups is 6. The van der Waals surface area contributed by atoms with Gasteiger partial charge in [0, 0.05) is 68.8 Å². The number of fused-ring (bicyclic) bond motifs is 5. The fourth-order valence-corrected chi connectivity index (χ4v) is 7.60. The first kappa shape index (κ1) is 49.9. The summed E-state index contributed by atoms with van der Waals surface area (Å²) in [7, 11) is 1.46.